The maximum absolute atomic E-state index is 13.1. The summed E-state index contributed by atoms with van der Waals surface area (Å²) in [6, 6.07) is 1.62. The number of hydrogen-bond acceptors (Lipinski definition) is 6. The predicted molar refractivity (Wildman–Crippen MR) is 111 cm³/mol. The number of ether oxygens (including phenoxy) is 2. The maximum atomic E-state index is 13.1. The summed E-state index contributed by atoms with van der Waals surface area (Å²) in [6.45, 7) is 2.14. The fourth-order valence-electron chi connectivity index (χ4n) is 5.36. The highest BCUT2D eigenvalue weighted by molar-refractivity contribution is 5.94. The largest absolute Gasteiger partial charge is 0.391 e. The quantitative estimate of drug-likeness (QED) is 0.628. The van der Waals surface area contributed by atoms with E-state index in [1.807, 2.05) is 0 Å². The van der Waals surface area contributed by atoms with Crippen molar-refractivity contribution in [1.29, 1.82) is 0 Å². The number of hydrogen-bond donors (Lipinski definition) is 2. The van der Waals surface area contributed by atoms with Gasteiger partial charge in [-0.3, -0.25) is 9.36 Å². The lowest BCUT2D eigenvalue weighted by molar-refractivity contribution is -0.135. The molecule has 1 saturated heterocycles. The van der Waals surface area contributed by atoms with Crippen LogP contribution in [0.4, 0.5) is 5.82 Å². The van der Waals surface area contributed by atoms with E-state index < -0.39 is 18.2 Å². The van der Waals surface area contributed by atoms with Crippen LogP contribution in [0, 0.1) is 10.8 Å². The molecule has 0 radical (unpaired) electrons. The Kier molecular flexibility index (Phi) is 6.27. The number of aromatic nitrogens is 2. The van der Waals surface area contributed by atoms with Gasteiger partial charge >= 0.3 is 5.69 Å². The molecule has 8 heteroatoms. The molecular formula is C22H33N3O5. The Hall–Kier alpha value is -1.77. The van der Waals surface area contributed by atoms with Crippen molar-refractivity contribution in [3.63, 3.8) is 0 Å². The highest BCUT2D eigenvalue weighted by Crippen LogP contribution is 2.59. The van der Waals surface area contributed by atoms with Crippen molar-refractivity contribution >= 4 is 11.7 Å². The first-order chi connectivity index (χ1) is 14.5. The van der Waals surface area contributed by atoms with Crippen LogP contribution in [-0.4, -0.2) is 40.1 Å². The minimum Gasteiger partial charge on any atom is -0.391 e. The van der Waals surface area contributed by atoms with Crippen molar-refractivity contribution in [1.82, 2.24) is 9.55 Å². The van der Waals surface area contributed by atoms with E-state index in [4.69, 9.17) is 14.6 Å². The van der Waals surface area contributed by atoms with Gasteiger partial charge in [0.1, 0.15) is 5.82 Å². The number of fused-ring (bicyclic) bond motifs is 3. The molecule has 1 aromatic heterocycles. The van der Waals surface area contributed by atoms with E-state index >= 15 is 0 Å². The Bertz CT molecular complexity index is 799. The Balaban J connectivity index is 1.37. The number of unbranched alkanes of at least 4 members (excludes halogenated alkanes) is 2. The third-order valence-corrected chi connectivity index (χ3v) is 7.46. The van der Waals surface area contributed by atoms with Gasteiger partial charge in [-0.2, -0.15) is 4.98 Å². The van der Waals surface area contributed by atoms with E-state index in [0.29, 0.717) is 5.41 Å². The van der Waals surface area contributed by atoms with E-state index in [2.05, 4.69) is 17.2 Å². The molecule has 4 aliphatic rings. The summed E-state index contributed by atoms with van der Waals surface area (Å²) in [4.78, 5) is 29.5. The first-order valence-corrected chi connectivity index (χ1v) is 11.3. The number of carbonyl (C=O) groups excluding carboxylic acids is 1. The fraction of sp³-hybridized carbons (Fsp3) is 0.773. The lowest BCUT2D eigenvalue weighted by Gasteiger charge is -2.52. The highest BCUT2D eigenvalue weighted by Gasteiger charge is 2.51. The van der Waals surface area contributed by atoms with Crippen LogP contribution in [0.15, 0.2) is 17.1 Å². The molecule has 2 atom stereocenters. The smallest absolute Gasteiger partial charge is 0.351 e. The molecule has 2 bridgehead atoms. The van der Waals surface area contributed by atoms with Crippen LogP contribution in [0.1, 0.15) is 77.4 Å². The summed E-state index contributed by atoms with van der Waals surface area (Å²) in [5.74, 6) is 0.272. The molecule has 30 heavy (non-hydrogen) atoms. The van der Waals surface area contributed by atoms with E-state index in [-0.39, 0.29) is 30.4 Å². The molecule has 1 aliphatic heterocycles. The van der Waals surface area contributed by atoms with Crippen LogP contribution in [0.2, 0.25) is 0 Å². The van der Waals surface area contributed by atoms with E-state index in [1.165, 1.54) is 30.3 Å². The number of rotatable bonds is 8. The maximum Gasteiger partial charge on any atom is 0.351 e. The molecule has 2 heterocycles. The number of carbonyl (C=O) groups is 1. The molecule has 0 spiro atoms. The van der Waals surface area contributed by atoms with E-state index in [1.54, 1.807) is 12.3 Å². The van der Waals surface area contributed by atoms with Gasteiger partial charge < -0.3 is 19.9 Å². The van der Waals surface area contributed by atoms with E-state index in [0.717, 1.165) is 38.5 Å². The Labute approximate surface area is 177 Å². The van der Waals surface area contributed by atoms with Crippen molar-refractivity contribution in [3.05, 3.63) is 22.7 Å². The average molecular weight is 420 g/mol. The molecule has 4 fully saturated rings. The SMILES string of the molecule is CCCCCC12CCC(C(=O)Nc3ccn([C@@H]4CO[C@H](CO)O4)c(=O)n3)(CC1)CC2. The van der Waals surface area contributed by atoms with Crippen LogP contribution < -0.4 is 11.0 Å². The van der Waals surface area contributed by atoms with Gasteiger partial charge in [-0.15, -0.1) is 0 Å². The second-order valence-corrected chi connectivity index (χ2v) is 9.23. The van der Waals surface area contributed by atoms with Gasteiger partial charge in [0.25, 0.3) is 0 Å². The predicted octanol–water partition coefficient (Wildman–Crippen LogP) is 2.97. The number of aliphatic hydroxyl groups is 1. The topological polar surface area (TPSA) is 103 Å². The molecule has 1 aromatic rings. The van der Waals surface area contributed by atoms with Gasteiger partial charge in [0, 0.05) is 11.6 Å². The lowest BCUT2D eigenvalue weighted by Crippen LogP contribution is -2.48. The van der Waals surface area contributed by atoms with Crippen LogP contribution in [0.3, 0.4) is 0 Å². The molecule has 2 N–H and O–H groups in total. The summed E-state index contributed by atoms with van der Waals surface area (Å²) in [5, 5.41) is 12.0. The van der Waals surface area contributed by atoms with Crippen LogP contribution in [0.25, 0.3) is 0 Å². The van der Waals surface area contributed by atoms with Crippen molar-refractivity contribution in [2.75, 3.05) is 18.5 Å². The number of aliphatic hydroxyl groups excluding tert-OH is 1. The van der Waals surface area contributed by atoms with Gasteiger partial charge in [0.05, 0.1) is 13.2 Å². The molecule has 1 amide bonds. The number of anilines is 1. The molecule has 3 saturated carbocycles. The Morgan fingerprint density at radius 1 is 1.27 bits per heavy atom. The first kappa shape index (κ1) is 21.5. The molecule has 0 aromatic carbocycles. The van der Waals surface area contributed by atoms with Gasteiger partial charge in [-0.1, -0.05) is 26.2 Å². The number of nitrogens with zero attached hydrogens (tertiary/aromatic N) is 2. The number of nitrogens with one attached hydrogen (secondary N) is 1. The zero-order chi connectivity index (χ0) is 21.2. The third-order valence-electron chi connectivity index (χ3n) is 7.46. The summed E-state index contributed by atoms with van der Waals surface area (Å²) < 4.78 is 12.0. The van der Waals surface area contributed by atoms with Crippen molar-refractivity contribution in [2.45, 2.75) is 83.6 Å². The minimum atomic E-state index is -0.730. The minimum absolute atomic E-state index is 0.00481. The number of amides is 1. The van der Waals surface area contributed by atoms with Gasteiger partial charge in [-0.05, 0) is 56.4 Å². The molecule has 0 unspecified atom stereocenters. The molecule has 8 nitrogen and oxygen atoms in total. The first-order valence-electron chi connectivity index (χ1n) is 11.3. The van der Waals surface area contributed by atoms with Gasteiger partial charge in [0.15, 0.2) is 12.5 Å². The molecule has 166 valence electrons. The Morgan fingerprint density at radius 2 is 2.00 bits per heavy atom. The van der Waals surface area contributed by atoms with Crippen molar-refractivity contribution < 1.29 is 19.4 Å². The van der Waals surface area contributed by atoms with Crippen molar-refractivity contribution in [3.8, 4) is 0 Å². The summed E-state index contributed by atoms with van der Waals surface area (Å²) >= 11 is 0. The summed E-state index contributed by atoms with van der Waals surface area (Å²) in [7, 11) is 0. The highest BCUT2D eigenvalue weighted by atomic mass is 16.7. The zero-order valence-electron chi connectivity index (χ0n) is 17.8. The standard InChI is InChI=1S/C22H33N3O5/c1-2-3-4-6-21-7-10-22(11-8-21,12-9-21)19(27)23-16-5-13-25(20(28)24-16)17-15-29-18(14-26)30-17/h5,13,17-18,26H,2-4,6-12,14-15H2,1H3,(H,23,24,27,28)/t17-,18-,21?,22?/m0/s1. The Morgan fingerprint density at radius 3 is 2.60 bits per heavy atom. The van der Waals surface area contributed by atoms with Gasteiger partial charge in [-0.25, -0.2) is 4.79 Å². The average Bonchev–Trinajstić information content (AvgIpc) is 3.24. The van der Waals surface area contributed by atoms with Crippen LogP contribution >= 0.6 is 0 Å². The monoisotopic (exact) mass is 419 g/mol. The van der Waals surface area contributed by atoms with Crippen LogP contribution in [0.5, 0.6) is 0 Å². The normalized spacial score (nSPS) is 33.0. The molecule has 5 rings (SSSR count). The summed E-state index contributed by atoms with van der Waals surface area (Å²) in [5.41, 5.74) is -0.384. The second kappa shape index (κ2) is 8.77. The van der Waals surface area contributed by atoms with Crippen LogP contribution in [-0.2, 0) is 14.3 Å². The fourth-order valence-corrected chi connectivity index (χ4v) is 5.36. The molecular weight excluding hydrogens is 386 g/mol. The lowest BCUT2D eigenvalue weighted by atomic mass is 9.52. The summed E-state index contributed by atoms with van der Waals surface area (Å²) in [6.07, 6.45) is 11.5. The van der Waals surface area contributed by atoms with E-state index in [9.17, 15) is 9.59 Å². The van der Waals surface area contributed by atoms with Gasteiger partial charge in [0.2, 0.25) is 5.91 Å². The van der Waals surface area contributed by atoms with Crippen molar-refractivity contribution in [2.24, 2.45) is 10.8 Å². The molecule has 3 aliphatic carbocycles. The zero-order valence-corrected chi connectivity index (χ0v) is 17.8. The third kappa shape index (κ3) is 4.18. The second-order valence-electron chi connectivity index (χ2n) is 9.23.